The van der Waals surface area contributed by atoms with Crippen LogP contribution in [-0.2, 0) is 14.3 Å². The molecule has 10 heteroatoms. The smallest absolute Gasteiger partial charge is 0.340 e. The Hall–Kier alpha value is -1.21. The number of rotatable bonds is 5. The number of carbonyl (C=O) groups excluding carboxylic acids is 2. The molecular weight excluding hydrogens is 382 g/mol. The molecule has 0 bridgehead atoms. The lowest BCUT2D eigenvalue weighted by molar-refractivity contribution is -0.142. The first-order valence-electron chi connectivity index (χ1n) is 5.58. The van der Waals surface area contributed by atoms with Gasteiger partial charge in [0.15, 0.2) is 0 Å². The van der Waals surface area contributed by atoms with Crippen LogP contribution in [0.4, 0.5) is 0 Å². The molecule has 6 nitrogen and oxygen atoms in total. The van der Waals surface area contributed by atoms with Crippen LogP contribution in [0.5, 0.6) is 0 Å². The largest absolute Gasteiger partial charge is 0.478 e. The van der Waals surface area contributed by atoms with Gasteiger partial charge in [0.05, 0.1) is 31.2 Å². The monoisotopic (exact) mass is 388 g/mol. The molecule has 0 saturated carbocycles. The highest BCUT2D eigenvalue weighted by Crippen LogP contribution is 2.41. The topological polar surface area (TPSA) is 89.9 Å². The molecule has 0 spiro atoms. The number of carboxylic acids is 1. The van der Waals surface area contributed by atoms with Crippen molar-refractivity contribution in [1.82, 2.24) is 0 Å². The fourth-order valence-electron chi connectivity index (χ4n) is 1.42. The number of benzene rings is 1. The highest BCUT2D eigenvalue weighted by atomic mass is 35.5. The third-order valence-electron chi connectivity index (χ3n) is 2.31. The zero-order valence-electron chi connectivity index (χ0n) is 10.9. The Kier molecular flexibility index (Phi) is 6.74. The van der Waals surface area contributed by atoms with Crippen molar-refractivity contribution in [2.24, 2.45) is 0 Å². The molecule has 22 heavy (non-hydrogen) atoms. The zero-order valence-corrected chi connectivity index (χ0v) is 13.9. The summed E-state index contributed by atoms with van der Waals surface area (Å²) in [5.41, 5.74) is -1.16. The molecule has 0 heterocycles. The van der Waals surface area contributed by atoms with Gasteiger partial charge in [-0.05, 0) is 0 Å². The molecule has 1 rings (SSSR count). The van der Waals surface area contributed by atoms with Crippen LogP contribution in [0.25, 0.3) is 0 Å². The quantitative estimate of drug-likeness (QED) is 0.357. The lowest BCUT2D eigenvalue weighted by atomic mass is 10.1. The van der Waals surface area contributed by atoms with Crippen molar-refractivity contribution in [2.45, 2.75) is 6.92 Å². The molecule has 0 unspecified atom stereocenters. The number of aromatic carboxylic acids is 1. The molecule has 1 aromatic carbocycles. The molecule has 120 valence electrons. The van der Waals surface area contributed by atoms with Gasteiger partial charge in [-0.2, -0.15) is 0 Å². The molecule has 0 saturated heterocycles. The van der Waals surface area contributed by atoms with E-state index in [1.54, 1.807) is 0 Å². The highest BCUT2D eigenvalue weighted by Gasteiger charge is 2.29. The van der Waals surface area contributed by atoms with Gasteiger partial charge in [0.1, 0.15) is 13.2 Å². The Morgan fingerprint density at radius 2 is 1.32 bits per heavy atom. The summed E-state index contributed by atoms with van der Waals surface area (Å²) in [4.78, 5) is 33.8. The number of hydrogen-bond acceptors (Lipinski definition) is 5. The van der Waals surface area contributed by atoms with Gasteiger partial charge in [-0.15, -0.1) is 0 Å². The Morgan fingerprint density at radius 1 is 0.864 bits per heavy atom. The second kappa shape index (κ2) is 7.87. The van der Waals surface area contributed by atoms with Gasteiger partial charge in [-0.1, -0.05) is 46.4 Å². The minimum absolute atomic E-state index is 0.198. The van der Waals surface area contributed by atoms with Gasteiger partial charge < -0.3 is 14.6 Å². The van der Waals surface area contributed by atoms with Gasteiger partial charge in [0.2, 0.25) is 0 Å². The van der Waals surface area contributed by atoms with E-state index >= 15 is 0 Å². The first-order valence-corrected chi connectivity index (χ1v) is 7.09. The molecule has 0 radical (unpaired) electrons. The zero-order chi connectivity index (χ0) is 17.0. The molecule has 1 N–H and O–H groups in total. The Labute approximate surface area is 144 Å². The summed E-state index contributed by atoms with van der Waals surface area (Å²) in [6, 6.07) is 0. The average Bonchev–Trinajstić information content (AvgIpc) is 2.44. The van der Waals surface area contributed by atoms with Crippen LogP contribution in [-0.4, -0.2) is 36.2 Å². The van der Waals surface area contributed by atoms with Crippen molar-refractivity contribution in [3.8, 4) is 0 Å². The van der Waals surface area contributed by atoms with E-state index < -0.39 is 39.1 Å². The molecule has 0 amide bonds. The van der Waals surface area contributed by atoms with Crippen molar-refractivity contribution < 1.29 is 29.0 Å². The van der Waals surface area contributed by atoms with Crippen molar-refractivity contribution in [3.63, 3.8) is 0 Å². The summed E-state index contributed by atoms with van der Waals surface area (Å²) < 4.78 is 9.34. The van der Waals surface area contributed by atoms with E-state index in [1.165, 1.54) is 6.92 Å². The molecular formula is C12H8Cl4O6. The molecule has 0 fully saturated rings. The lowest BCUT2D eigenvalue weighted by Gasteiger charge is -2.13. The molecule has 0 aromatic heterocycles. The number of hydrogen-bond donors (Lipinski definition) is 1. The molecule has 0 atom stereocenters. The number of carboxylic acid groups (broad SMARTS) is 1. The summed E-state index contributed by atoms with van der Waals surface area (Å²) in [5, 5.41) is 7.76. The van der Waals surface area contributed by atoms with Gasteiger partial charge in [-0.25, -0.2) is 9.59 Å². The summed E-state index contributed by atoms with van der Waals surface area (Å²) in [5.74, 6) is -3.18. The maximum Gasteiger partial charge on any atom is 0.340 e. The third kappa shape index (κ3) is 4.16. The van der Waals surface area contributed by atoms with Crippen molar-refractivity contribution in [2.75, 3.05) is 13.2 Å². The van der Waals surface area contributed by atoms with E-state index in [1.807, 2.05) is 0 Å². The minimum atomic E-state index is -1.53. The maximum atomic E-state index is 12.0. The first-order chi connectivity index (χ1) is 10.2. The molecule has 0 aliphatic rings. The van der Waals surface area contributed by atoms with Crippen molar-refractivity contribution in [1.29, 1.82) is 0 Å². The summed E-state index contributed by atoms with van der Waals surface area (Å²) in [6.07, 6.45) is 0. The number of ether oxygens (including phenoxy) is 2. The summed E-state index contributed by atoms with van der Waals surface area (Å²) >= 11 is 23.2. The molecule has 1 aromatic rings. The van der Waals surface area contributed by atoms with Crippen LogP contribution in [0.3, 0.4) is 0 Å². The van der Waals surface area contributed by atoms with E-state index in [4.69, 9.17) is 56.2 Å². The normalized spacial score (nSPS) is 10.2. The lowest BCUT2D eigenvalue weighted by Crippen LogP contribution is -2.17. The van der Waals surface area contributed by atoms with Crippen molar-refractivity contribution in [3.05, 3.63) is 31.2 Å². The van der Waals surface area contributed by atoms with Gasteiger partial charge in [0, 0.05) is 6.92 Å². The van der Waals surface area contributed by atoms with Crippen LogP contribution in [0.15, 0.2) is 0 Å². The predicted octanol–water partition coefficient (Wildman–Crippen LogP) is 3.72. The van der Waals surface area contributed by atoms with Crippen LogP contribution in [0, 0.1) is 0 Å². The van der Waals surface area contributed by atoms with Gasteiger partial charge >= 0.3 is 17.9 Å². The number of halogens is 4. The fourth-order valence-corrected chi connectivity index (χ4v) is 2.43. The van der Waals surface area contributed by atoms with Crippen LogP contribution >= 0.6 is 46.4 Å². The maximum absolute atomic E-state index is 12.0. The fraction of sp³-hybridized carbons (Fsp3) is 0.250. The Balaban J connectivity index is 3.14. The van der Waals surface area contributed by atoms with E-state index in [-0.39, 0.29) is 23.3 Å². The van der Waals surface area contributed by atoms with Gasteiger partial charge in [0.25, 0.3) is 0 Å². The van der Waals surface area contributed by atoms with E-state index in [9.17, 15) is 14.4 Å². The standard InChI is InChI=1S/C12H8Cl4O6/c1-4(17)21-2-3-22-12(20)6-5(11(18)19)7(13)9(15)10(16)8(6)14/h2-3H2,1H3,(H,18,19). The Morgan fingerprint density at radius 3 is 1.77 bits per heavy atom. The number of carbonyl (C=O) groups is 3. The van der Waals surface area contributed by atoms with Crippen molar-refractivity contribution >= 4 is 64.3 Å². The molecule has 0 aliphatic carbocycles. The number of esters is 2. The van der Waals surface area contributed by atoms with E-state index in [0.717, 1.165) is 0 Å². The third-order valence-corrected chi connectivity index (χ3v) is 4.11. The van der Waals surface area contributed by atoms with Gasteiger partial charge in [-0.3, -0.25) is 4.79 Å². The Bertz CT molecular complexity index is 643. The highest BCUT2D eigenvalue weighted by molar-refractivity contribution is 6.54. The van der Waals surface area contributed by atoms with Crippen LogP contribution in [0.1, 0.15) is 27.6 Å². The first kappa shape index (κ1) is 18.8. The van der Waals surface area contributed by atoms with Crippen LogP contribution in [0.2, 0.25) is 20.1 Å². The van der Waals surface area contributed by atoms with E-state index in [2.05, 4.69) is 4.74 Å². The predicted molar refractivity (Wildman–Crippen MR) is 80.4 cm³/mol. The summed E-state index contributed by atoms with van der Waals surface area (Å²) in [6.45, 7) is 0.682. The average molecular weight is 390 g/mol. The van der Waals surface area contributed by atoms with E-state index in [0.29, 0.717) is 0 Å². The SMILES string of the molecule is CC(=O)OCCOC(=O)c1c(Cl)c(Cl)c(Cl)c(Cl)c1C(=O)O. The second-order valence-corrected chi connectivity index (χ2v) is 5.30. The molecule has 0 aliphatic heterocycles. The minimum Gasteiger partial charge on any atom is -0.478 e. The second-order valence-electron chi connectivity index (χ2n) is 3.79. The summed E-state index contributed by atoms with van der Waals surface area (Å²) in [7, 11) is 0. The van der Waals surface area contributed by atoms with Crippen LogP contribution < -0.4 is 0 Å².